The van der Waals surface area contributed by atoms with Crippen LogP contribution < -0.4 is 86.0 Å². The molecular weight excluding hydrogens is 1480 g/mol. The van der Waals surface area contributed by atoms with Crippen LogP contribution in [-0.2, 0) is 57.5 Å². The molecule has 37 heteroatoms. The summed E-state index contributed by atoms with van der Waals surface area (Å²) in [5, 5.41) is 24.1. The molecule has 4 rings (SSSR count). The van der Waals surface area contributed by atoms with Gasteiger partial charge in [-0.15, -0.1) is 11.8 Å². The van der Waals surface area contributed by atoms with Gasteiger partial charge in [-0.05, 0) is 158 Å². The van der Waals surface area contributed by atoms with Gasteiger partial charge in [0.15, 0.2) is 54.1 Å². The zero-order valence-electron chi connectivity index (χ0n) is 66.4. The normalized spacial score (nSPS) is 22.3. The summed E-state index contributed by atoms with van der Waals surface area (Å²) in [4.78, 5) is 184. The number of amides is 1. The second kappa shape index (κ2) is 47.5. The molecule has 4 aliphatic carbocycles. The van der Waals surface area contributed by atoms with Crippen molar-refractivity contribution < 1.29 is 67.7 Å². The molecule has 0 aliphatic heterocycles. The highest BCUT2D eigenvalue weighted by Gasteiger charge is 2.68. The van der Waals surface area contributed by atoms with Crippen LogP contribution in [-0.4, -0.2) is 191 Å². The van der Waals surface area contributed by atoms with E-state index in [1.807, 2.05) is 6.92 Å². The Hall–Kier alpha value is -9.13. The number of Topliss-reactive ketones (excluding diaryl/α,β-unsaturated/α-hetero) is 8. The predicted octanol–water partition coefficient (Wildman–Crippen LogP) is -0.410. The van der Waals surface area contributed by atoms with Crippen molar-refractivity contribution >= 4 is 117 Å². The number of aliphatic imine (C=N–C) groups is 7. The fourth-order valence-corrected chi connectivity index (χ4v) is 18.1. The van der Waals surface area contributed by atoms with Crippen molar-refractivity contribution in [3.63, 3.8) is 0 Å². The molecule has 634 valence electrons. The van der Waals surface area contributed by atoms with Crippen LogP contribution in [0.1, 0.15) is 201 Å². The number of carbonyl (C=O) groups is 11. The molecule has 0 heterocycles. The second-order valence-corrected chi connectivity index (χ2v) is 32.6. The summed E-state index contributed by atoms with van der Waals surface area (Å²) in [5.74, 6) is -14.9. The van der Waals surface area contributed by atoms with Gasteiger partial charge in [0.25, 0.3) is 0 Å². The molecule has 3 fully saturated rings. The Morgan fingerprint density at radius 1 is 0.469 bits per heavy atom. The van der Waals surface area contributed by atoms with Gasteiger partial charge in [-0.25, -0.2) is 0 Å². The number of guanidine groups is 7. The molecule has 15 atom stereocenters. The number of primary amides is 1. The van der Waals surface area contributed by atoms with E-state index in [2.05, 4.69) is 41.9 Å². The quantitative estimate of drug-likeness (QED) is 0.0159. The van der Waals surface area contributed by atoms with Crippen molar-refractivity contribution in [2.75, 3.05) is 63.9 Å². The first-order valence-electron chi connectivity index (χ1n) is 39.5. The number of esters is 1. The predicted molar refractivity (Wildman–Crippen MR) is 436 cm³/mol. The van der Waals surface area contributed by atoms with Crippen LogP contribution in [0.15, 0.2) is 46.6 Å². The maximum absolute atomic E-state index is 15.1. The van der Waals surface area contributed by atoms with Crippen LogP contribution in [0.5, 0.6) is 0 Å². The SMILES string of the molecule is CC(CSCC(=O)OCC(=O)[C@@]1(O)CC[C@H]2[C@@H]3CCC4=CC(=O)CC[C@]4(C)[C@H]3[C@@H](O)C[C@@]21C)C(=O)C[C@H](CCCN=C(N)N)C(=O)C[C@H](CCCN=C(N)N)C(=O)C[C@H](CCCN=C(N)N)C(=O)C[C@H](CCCN=C(N)N)C(=O)C[C@H](CCCN=C(N)N)C(=O)C[C@H](CCCN=C(N)N)C(=O)C[C@H](CCCN=C(N)N)C(N)=O. The minimum atomic E-state index is -1.86. The van der Waals surface area contributed by atoms with Crippen molar-refractivity contribution in [1.29, 1.82) is 0 Å². The summed E-state index contributed by atoms with van der Waals surface area (Å²) in [6.45, 7) is 5.54. The lowest BCUT2D eigenvalue weighted by molar-refractivity contribution is -0.184. The summed E-state index contributed by atoms with van der Waals surface area (Å²) < 4.78 is 5.48. The third kappa shape index (κ3) is 31.6. The van der Waals surface area contributed by atoms with Crippen molar-refractivity contribution in [3.8, 4) is 0 Å². The average Bonchev–Trinajstić information content (AvgIpc) is 1.58. The minimum absolute atomic E-state index is 0.0154. The summed E-state index contributed by atoms with van der Waals surface area (Å²) in [7, 11) is 0. The molecule has 0 bridgehead atoms. The Morgan fingerprint density at radius 3 is 1.12 bits per heavy atom. The highest BCUT2D eigenvalue weighted by molar-refractivity contribution is 7.99. The van der Waals surface area contributed by atoms with E-state index in [4.69, 9.17) is 90.7 Å². The van der Waals surface area contributed by atoms with E-state index < -0.39 is 143 Å². The van der Waals surface area contributed by atoms with Crippen LogP contribution in [0.4, 0.5) is 0 Å². The zero-order valence-corrected chi connectivity index (χ0v) is 67.2. The Bertz CT molecular complexity index is 3520. The van der Waals surface area contributed by atoms with E-state index >= 15 is 14.4 Å². The van der Waals surface area contributed by atoms with E-state index in [9.17, 15) is 48.6 Å². The largest absolute Gasteiger partial charge is 0.457 e. The summed E-state index contributed by atoms with van der Waals surface area (Å²) in [6.07, 6.45) is 3.91. The number of aliphatic hydroxyl groups excluding tert-OH is 1. The molecule has 0 aromatic heterocycles. The third-order valence-electron chi connectivity index (χ3n) is 23.3. The van der Waals surface area contributed by atoms with Gasteiger partial charge < -0.3 is 101 Å². The molecule has 0 spiro atoms. The highest BCUT2D eigenvalue weighted by atomic mass is 32.2. The highest BCUT2D eigenvalue weighted by Crippen LogP contribution is 2.67. The maximum Gasteiger partial charge on any atom is 0.316 e. The lowest BCUT2D eigenvalue weighted by Crippen LogP contribution is -2.62. The Morgan fingerprint density at radius 2 is 0.788 bits per heavy atom. The number of fused-ring (bicyclic) bond motifs is 5. The third-order valence-corrected chi connectivity index (χ3v) is 24.5. The van der Waals surface area contributed by atoms with Gasteiger partial charge in [0, 0.05) is 156 Å². The van der Waals surface area contributed by atoms with E-state index in [0.29, 0.717) is 32.1 Å². The van der Waals surface area contributed by atoms with Gasteiger partial charge in [0.1, 0.15) is 46.1 Å². The van der Waals surface area contributed by atoms with E-state index in [-0.39, 0.29) is 256 Å². The lowest BCUT2D eigenvalue weighted by Gasteiger charge is -2.60. The molecule has 0 aromatic rings. The molecule has 113 heavy (non-hydrogen) atoms. The fraction of sp³-hybridized carbons (Fsp3) is 0.737. The van der Waals surface area contributed by atoms with Gasteiger partial charge in [0.05, 0.1) is 11.9 Å². The van der Waals surface area contributed by atoms with Crippen molar-refractivity contribution in [1.82, 2.24) is 0 Å². The first-order valence-corrected chi connectivity index (χ1v) is 40.7. The number of aliphatic hydroxyl groups is 2. The number of carbonyl (C=O) groups excluding carboxylic acids is 11. The van der Waals surface area contributed by atoms with Gasteiger partial charge >= 0.3 is 5.97 Å². The second-order valence-electron chi connectivity index (χ2n) is 31.6. The molecule has 36 nitrogen and oxygen atoms in total. The molecule has 1 amide bonds. The van der Waals surface area contributed by atoms with Crippen LogP contribution >= 0.6 is 11.8 Å². The molecule has 32 N–H and O–H groups in total. The van der Waals surface area contributed by atoms with Crippen LogP contribution in [0, 0.1) is 75.9 Å². The first-order chi connectivity index (χ1) is 53.2. The monoisotopic (exact) mass is 1610 g/mol. The number of ketones is 9. The zero-order chi connectivity index (χ0) is 84.3. The number of ether oxygens (including phenoxy) is 1. The minimum Gasteiger partial charge on any atom is -0.457 e. The number of nitrogens with two attached hydrogens (primary N) is 15. The van der Waals surface area contributed by atoms with Crippen LogP contribution in [0.25, 0.3) is 0 Å². The molecule has 0 saturated heterocycles. The van der Waals surface area contributed by atoms with Gasteiger partial charge in [-0.1, -0.05) is 26.3 Å². The van der Waals surface area contributed by atoms with Crippen molar-refractivity contribution in [2.45, 2.75) is 212 Å². The summed E-state index contributed by atoms with van der Waals surface area (Å²) >= 11 is 1.08. The Balaban J connectivity index is 1.57. The Labute approximate surface area is 666 Å². The topological polar surface area (TPSA) is 714 Å². The van der Waals surface area contributed by atoms with E-state index in [1.165, 1.54) is 0 Å². The summed E-state index contributed by atoms with van der Waals surface area (Å²) in [5.41, 5.74) is 82.4. The molecule has 0 aromatic carbocycles. The molecule has 1 unspecified atom stereocenters. The molecule has 0 radical (unpaired) electrons. The van der Waals surface area contributed by atoms with E-state index in [0.717, 1.165) is 23.8 Å². The molecule has 4 aliphatic rings. The van der Waals surface area contributed by atoms with Gasteiger partial charge in [0.2, 0.25) is 11.7 Å². The number of thioether (sulfide) groups is 1. The summed E-state index contributed by atoms with van der Waals surface area (Å²) in [6, 6.07) is 0. The maximum atomic E-state index is 15.1. The van der Waals surface area contributed by atoms with Gasteiger partial charge in [-0.3, -0.25) is 87.7 Å². The number of hydrogen-bond acceptors (Lipinski definition) is 22. The molecule has 3 saturated carbocycles. The number of allylic oxidation sites excluding steroid dienone is 1. The number of hydrogen-bond donors (Lipinski definition) is 17. The Kier molecular flexibility index (Phi) is 40.5. The van der Waals surface area contributed by atoms with Crippen molar-refractivity contribution in [2.24, 2.45) is 197 Å². The van der Waals surface area contributed by atoms with Crippen molar-refractivity contribution in [3.05, 3.63) is 11.6 Å². The smallest absolute Gasteiger partial charge is 0.316 e. The van der Waals surface area contributed by atoms with Crippen LogP contribution in [0.2, 0.25) is 0 Å². The number of rotatable bonds is 57. The van der Waals surface area contributed by atoms with Gasteiger partial charge in [-0.2, -0.15) is 0 Å². The van der Waals surface area contributed by atoms with E-state index in [1.54, 1.807) is 13.0 Å². The van der Waals surface area contributed by atoms with Crippen LogP contribution in [0.3, 0.4) is 0 Å². The number of nitrogens with zero attached hydrogens (tertiary/aromatic N) is 7. The molecular formula is C76H130N22O14S. The lowest BCUT2D eigenvalue weighted by atomic mass is 9.45. The first kappa shape index (κ1) is 96.2. The standard InChI is InChI=1S/C76H130N22O14S/c1-43(41-113-42-64(109)112-40-63(108)76(111)23-21-54-53-19-18-51-38-52(99)20-22-74(51,2)65(53)62(107)39-75(54,76)3)55(100)31-44(11-4-24-92-67(78)79)56(101)32-45(12-5-25-93-68(80)81)57(102)33-46(13-6-26-94-69(82)83)58(103)34-47(14-7-27-95-70(84)85)59(104)35-48(15-8-28-96-71(86)87)60(105)36-49(16-9-29-97-72(88)89)61(106)37-50(66(77)110)17-10-30-98-73(90)91/h38,43-50,53-54,62,65,107,111H,4-37,39-42H2,1-3H3,(H2,77,110)(H4,78,79,92)(H4,80,81,93)(H4,82,83,94)(H4,84,85,95)(H4,86,87,96)(H4,88,89,97)(H4,90,91,98)/t43?,44-,45-,46-,47-,48-,49-,50-,53-,54-,62-,65+,74-,75-,76-/m0/s1. The fourth-order valence-electron chi connectivity index (χ4n) is 17.2. The average molecular weight is 1610 g/mol.